The lowest BCUT2D eigenvalue weighted by Gasteiger charge is -2.49. The molecule has 0 saturated heterocycles. The number of nitrogens with zero attached hydrogens (tertiary/aromatic N) is 1. The van der Waals surface area contributed by atoms with Gasteiger partial charge in [0, 0.05) is 47.8 Å². The van der Waals surface area contributed by atoms with Crippen LogP contribution in [0.15, 0.2) is 76.0 Å². The largest absolute Gasteiger partial charge is 0.481 e. The Labute approximate surface area is 247 Å². The lowest BCUT2D eigenvalue weighted by Crippen LogP contribution is -2.45. The molecule has 9 heteroatoms. The van der Waals surface area contributed by atoms with E-state index in [0.717, 1.165) is 17.0 Å². The molecule has 0 bridgehead atoms. The number of hydrogen-bond donors (Lipinski definition) is 1. The molecule has 0 saturated carbocycles. The quantitative estimate of drug-likeness (QED) is 0.394. The summed E-state index contributed by atoms with van der Waals surface area (Å²) < 4.78 is 31.1. The van der Waals surface area contributed by atoms with Gasteiger partial charge in [0.25, 0.3) is 0 Å². The second-order valence-electron chi connectivity index (χ2n) is 13.3. The molecule has 222 valence electrons. The van der Waals surface area contributed by atoms with Crippen LogP contribution in [0, 0.1) is 17.8 Å². The molecule has 0 atom stereocenters. The minimum Gasteiger partial charge on any atom is -0.481 e. The van der Waals surface area contributed by atoms with Crippen molar-refractivity contribution in [2.75, 3.05) is 6.54 Å². The first kappa shape index (κ1) is 29.8. The van der Waals surface area contributed by atoms with Crippen LogP contribution < -0.4 is 4.18 Å². The number of allylic oxidation sites excluding steroid dienone is 4. The summed E-state index contributed by atoms with van der Waals surface area (Å²) in [5, 5.41) is 9.52. The summed E-state index contributed by atoms with van der Waals surface area (Å²) in [6, 6.07) is 12.9. The highest BCUT2D eigenvalue weighted by atomic mass is 32.2. The van der Waals surface area contributed by atoms with Crippen molar-refractivity contribution in [3.05, 3.63) is 82.2 Å². The van der Waals surface area contributed by atoms with Gasteiger partial charge >= 0.3 is 16.1 Å². The van der Waals surface area contributed by atoms with Crippen molar-refractivity contribution in [3.63, 3.8) is 0 Å². The van der Waals surface area contributed by atoms with Gasteiger partial charge in [-0.15, -0.1) is 0 Å². The van der Waals surface area contributed by atoms with E-state index < -0.39 is 22.0 Å². The number of Topliss-reactive ketones (excluding diaryl/α,β-unsaturated/α-hetero) is 2. The maximum Gasteiger partial charge on any atom is 0.339 e. The van der Waals surface area contributed by atoms with Gasteiger partial charge in [-0.25, -0.2) is 0 Å². The molecular formula is C33H37NO7S. The predicted octanol–water partition coefficient (Wildman–Crippen LogP) is 5.92. The Hall–Kier alpha value is -3.72. The monoisotopic (exact) mass is 591 g/mol. The highest BCUT2D eigenvalue weighted by Crippen LogP contribution is 2.54. The molecule has 0 unspecified atom stereocenters. The Morgan fingerprint density at radius 1 is 0.857 bits per heavy atom. The van der Waals surface area contributed by atoms with Crippen LogP contribution in [0.3, 0.4) is 0 Å². The van der Waals surface area contributed by atoms with Gasteiger partial charge < -0.3 is 14.2 Å². The topological polar surface area (TPSA) is 118 Å². The number of aliphatic carboxylic acids is 1. The average Bonchev–Trinajstić information content (AvgIpc) is 2.86. The Morgan fingerprint density at radius 2 is 1.36 bits per heavy atom. The fourth-order valence-corrected chi connectivity index (χ4v) is 7.38. The SMILES string of the molecule is Cc1ccc(S(=O)(=O)Oc2ccc(C3C4=C(CC(C)(C)CC4=O)N(CCC(=O)O)C4=C3C(=O)CC(C)(C)C4)cc2)cc1. The molecule has 1 heterocycles. The highest BCUT2D eigenvalue weighted by Gasteiger charge is 2.48. The molecule has 0 spiro atoms. The van der Waals surface area contributed by atoms with Crippen LogP contribution in [-0.4, -0.2) is 42.5 Å². The van der Waals surface area contributed by atoms with E-state index in [1.807, 2.05) is 39.5 Å². The van der Waals surface area contributed by atoms with Crippen molar-refractivity contribution in [2.45, 2.75) is 77.5 Å². The molecule has 2 aromatic carbocycles. The first-order chi connectivity index (χ1) is 19.6. The van der Waals surface area contributed by atoms with Crippen LogP contribution in [0.4, 0.5) is 0 Å². The van der Waals surface area contributed by atoms with Crippen LogP contribution >= 0.6 is 0 Å². The van der Waals surface area contributed by atoms with Crippen molar-refractivity contribution in [2.24, 2.45) is 10.8 Å². The van der Waals surface area contributed by atoms with Crippen molar-refractivity contribution >= 4 is 27.7 Å². The Kier molecular flexibility index (Phi) is 7.46. The molecule has 0 fully saturated rings. The summed E-state index contributed by atoms with van der Waals surface area (Å²) in [4.78, 5) is 41.2. The zero-order valence-corrected chi connectivity index (χ0v) is 25.5. The normalized spacial score (nSPS) is 20.4. The third-order valence-corrected chi connectivity index (χ3v) is 9.56. The van der Waals surface area contributed by atoms with Gasteiger partial charge in [-0.05, 0) is 60.4 Å². The number of carboxylic acids is 1. The molecule has 8 nitrogen and oxygen atoms in total. The van der Waals surface area contributed by atoms with Crippen molar-refractivity contribution in [3.8, 4) is 5.75 Å². The Morgan fingerprint density at radius 3 is 1.83 bits per heavy atom. The van der Waals surface area contributed by atoms with Crippen LogP contribution in [-0.2, 0) is 24.5 Å². The van der Waals surface area contributed by atoms with Crippen LogP contribution in [0.1, 0.15) is 76.8 Å². The summed E-state index contributed by atoms with van der Waals surface area (Å²) in [7, 11) is -4.05. The first-order valence-corrected chi connectivity index (χ1v) is 15.6. The van der Waals surface area contributed by atoms with Crippen LogP contribution in [0.5, 0.6) is 5.75 Å². The van der Waals surface area contributed by atoms with Gasteiger partial charge in [0.2, 0.25) is 0 Å². The molecule has 2 aliphatic carbocycles. The minimum atomic E-state index is -4.05. The molecule has 5 rings (SSSR count). The maximum absolute atomic E-state index is 13.8. The van der Waals surface area contributed by atoms with E-state index in [1.165, 1.54) is 12.1 Å². The van der Waals surface area contributed by atoms with E-state index in [2.05, 4.69) is 0 Å². The summed E-state index contributed by atoms with van der Waals surface area (Å²) in [6.07, 6.45) is 1.65. The van der Waals surface area contributed by atoms with E-state index in [-0.39, 0.29) is 46.0 Å². The number of carbonyl (C=O) groups is 3. The van der Waals surface area contributed by atoms with Crippen molar-refractivity contribution in [1.29, 1.82) is 0 Å². The number of ketones is 2. The minimum absolute atomic E-state index is 0.0429. The van der Waals surface area contributed by atoms with E-state index in [0.29, 0.717) is 42.4 Å². The Bertz CT molecular complexity index is 1570. The smallest absolute Gasteiger partial charge is 0.339 e. The van der Waals surface area contributed by atoms with Crippen molar-refractivity contribution < 1.29 is 32.1 Å². The standard InChI is InChI=1S/C33H37NO7S/c1-20-6-12-23(13-7-20)42(39,40)41-22-10-8-21(9-11-22)29-30-24(16-32(2,3)18-26(30)35)34(15-14-28(37)38)25-17-33(4,5)19-27(36)31(25)29/h6-13,29H,14-19H2,1-5H3,(H,37,38). The molecule has 1 N–H and O–H groups in total. The average molecular weight is 592 g/mol. The summed E-state index contributed by atoms with van der Waals surface area (Å²) in [5.41, 5.74) is 3.61. The fraction of sp³-hybridized carbons (Fsp3) is 0.424. The third kappa shape index (κ3) is 5.79. The van der Waals surface area contributed by atoms with E-state index >= 15 is 0 Å². The number of rotatable bonds is 7. The highest BCUT2D eigenvalue weighted by molar-refractivity contribution is 7.87. The van der Waals surface area contributed by atoms with E-state index in [9.17, 15) is 27.9 Å². The molecule has 0 aromatic heterocycles. The Balaban J connectivity index is 1.59. The van der Waals surface area contributed by atoms with Gasteiger partial charge in [0.15, 0.2) is 11.6 Å². The summed E-state index contributed by atoms with van der Waals surface area (Å²) in [5.74, 6) is -1.56. The molecule has 42 heavy (non-hydrogen) atoms. The van der Waals surface area contributed by atoms with E-state index in [4.69, 9.17) is 4.18 Å². The maximum atomic E-state index is 13.8. The van der Waals surface area contributed by atoms with Crippen LogP contribution in [0.25, 0.3) is 0 Å². The third-order valence-electron chi connectivity index (χ3n) is 8.30. The number of carbonyl (C=O) groups excluding carboxylic acids is 2. The van der Waals surface area contributed by atoms with Crippen molar-refractivity contribution in [1.82, 2.24) is 4.90 Å². The lowest BCUT2D eigenvalue weighted by atomic mass is 9.63. The van der Waals surface area contributed by atoms with Gasteiger partial charge in [-0.1, -0.05) is 57.5 Å². The first-order valence-electron chi connectivity index (χ1n) is 14.2. The van der Waals surface area contributed by atoms with Gasteiger partial charge in [-0.2, -0.15) is 8.42 Å². The van der Waals surface area contributed by atoms with Gasteiger partial charge in [0.1, 0.15) is 10.6 Å². The van der Waals surface area contributed by atoms with Gasteiger partial charge in [-0.3, -0.25) is 14.4 Å². The van der Waals surface area contributed by atoms with Gasteiger partial charge in [0.05, 0.1) is 6.42 Å². The fourth-order valence-electron chi connectivity index (χ4n) is 6.45. The summed E-state index contributed by atoms with van der Waals surface area (Å²) >= 11 is 0. The molecular weight excluding hydrogens is 554 g/mol. The predicted molar refractivity (Wildman–Crippen MR) is 157 cm³/mol. The molecule has 1 aliphatic heterocycles. The van der Waals surface area contributed by atoms with E-state index in [1.54, 1.807) is 36.4 Å². The molecule has 2 aromatic rings. The molecule has 0 amide bonds. The second-order valence-corrected chi connectivity index (χ2v) is 14.8. The number of benzene rings is 2. The number of hydrogen-bond acceptors (Lipinski definition) is 7. The molecule has 3 aliphatic rings. The zero-order valence-electron chi connectivity index (χ0n) is 24.7. The number of aryl methyl sites for hydroxylation is 1. The molecule has 0 radical (unpaired) electrons. The second kappa shape index (κ2) is 10.5. The zero-order chi connectivity index (χ0) is 30.6. The number of carboxylic acid groups (broad SMARTS) is 1. The lowest BCUT2D eigenvalue weighted by molar-refractivity contribution is -0.137. The summed E-state index contributed by atoms with van der Waals surface area (Å²) in [6.45, 7) is 10.2. The van der Waals surface area contributed by atoms with Crippen LogP contribution in [0.2, 0.25) is 0 Å².